The molecule has 0 heterocycles. The molecule has 0 aliphatic rings. The van der Waals surface area contributed by atoms with Crippen molar-refractivity contribution in [3.63, 3.8) is 0 Å². The standard InChI is InChI=1S/C28H28BrN3O6/c1-3-15-37-24-12-7-20(8-13-24)28(35)38-25-14-9-22(29)16-21(25)17-31-32-26(33)18-30-27(34)19-5-10-23(11-6-19)36-4-2/h5-14,16-17H,3-4,15,18H2,1-2H3,(H,30,34)(H,32,33)/b31-17-. The van der Waals surface area contributed by atoms with Crippen LogP contribution in [0.5, 0.6) is 17.2 Å². The number of esters is 1. The van der Waals surface area contributed by atoms with Gasteiger partial charge in [0, 0.05) is 15.6 Å². The Morgan fingerprint density at radius 3 is 2.21 bits per heavy atom. The molecule has 3 aromatic carbocycles. The van der Waals surface area contributed by atoms with Gasteiger partial charge in [-0.1, -0.05) is 22.9 Å². The van der Waals surface area contributed by atoms with E-state index in [1.54, 1.807) is 66.7 Å². The van der Waals surface area contributed by atoms with Gasteiger partial charge in [-0.3, -0.25) is 9.59 Å². The Balaban J connectivity index is 1.55. The van der Waals surface area contributed by atoms with Crippen LogP contribution in [0.25, 0.3) is 0 Å². The summed E-state index contributed by atoms with van der Waals surface area (Å²) < 4.78 is 17.2. The number of rotatable bonds is 12. The van der Waals surface area contributed by atoms with E-state index in [0.29, 0.717) is 41.4 Å². The monoisotopic (exact) mass is 581 g/mol. The molecule has 2 N–H and O–H groups in total. The zero-order valence-electron chi connectivity index (χ0n) is 21.0. The van der Waals surface area contributed by atoms with Gasteiger partial charge in [0.1, 0.15) is 17.2 Å². The lowest BCUT2D eigenvalue weighted by Gasteiger charge is -2.09. The molecule has 2 amide bonds. The number of hydrogen-bond acceptors (Lipinski definition) is 7. The van der Waals surface area contributed by atoms with Gasteiger partial charge in [0.2, 0.25) is 0 Å². The molecule has 0 unspecified atom stereocenters. The third-order valence-electron chi connectivity index (χ3n) is 4.97. The third kappa shape index (κ3) is 8.74. The molecule has 38 heavy (non-hydrogen) atoms. The van der Waals surface area contributed by atoms with Crippen molar-refractivity contribution in [2.75, 3.05) is 19.8 Å². The van der Waals surface area contributed by atoms with E-state index >= 15 is 0 Å². The average molecular weight is 582 g/mol. The molecule has 0 saturated heterocycles. The minimum atomic E-state index is -0.551. The van der Waals surface area contributed by atoms with E-state index in [1.807, 2.05) is 13.8 Å². The lowest BCUT2D eigenvalue weighted by molar-refractivity contribution is -0.120. The Morgan fingerprint density at radius 2 is 1.55 bits per heavy atom. The van der Waals surface area contributed by atoms with Gasteiger partial charge in [-0.2, -0.15) is 5.10 Å². The minimum Gasteiger partial charge on any atom is -0.494 e. The first-order valence-corrected chi connectivity index (χ1v) is 12.8. The Morgan fingerprint density at radius 1 is 0.895 bits per heavy atom. The van der Waals surface area contributed by atoms with Crippen molar-refractivity contribution in [2.45, 2.75) is 20.3 Å². The second kappa shape index (κ2) is 14.5. The number of halogens is 1. The molecule has 9 nitrogen and oxygen atoms in total. The minimum absolute atomic E-state index is 0.256. The molecule has 0 spiro atoms. The van der Waals surface area contributed by atoms with Crippen LogP contribution in [0.3, 0.4) is 0 Å². The van der Waals surface area contributed by atoms with Crippen molar-refractivity contribution < 1.29 is 28.6 Å². The molecule has 0 atom stereocenters. The molecule has 0 bridgehead atoms. The maximum Gasteiger partial charge on any atom is 0.343 e. The average Bonchev–Trinajstić information content (AvgIpc) is 2.92. The molecule has 0 aromatic heterocycles. The van der Waals surface area contributed by atoms with E-state index in [0.717, 1.165) is 10.9 Å². The molecular formula is C28H28BrN3O6. The van der Waals surface area contributed by atoms with Crippen molar-refractivity contribution in [1.29, 1.82) is 0 Å². The Hall–Kier alpha value is -4.18. The first-order valence-electron chi connectivity index (χ1n) is 12.0. The number of nitrogens with zero attached hydrogens (tertiary/aromatic N) is 1. The molecule has 10 heteroatoms. The SMILES string of the molecule is CCCOc1ccc(C(=O)Oc2ccc(Br)cc2/C=N\NC(=O)CNC(=O)c2ccc(OCC)cc2)cc1. The number of carbonyl (C=O) groups excluding carboxylic acids is 3. The van der Waals surface area contributed by atoms with Crippen LogP contribution in [-0.2, 0) is 4.79 Å². The van der Waals surface area contributed by atoms with Crippen LogP contribution in [0.4, 0.5) is 0 Å². The first-order chi connectivity index (χ1) is 18.4. The molecule has 3 aromatic rings. The second-order valence-electron chi connectivity index (χ2n) is 7.88. The summed E-state index contributed by atoms with van der Waals surface area (Å²) in [7, 11) is 0. The van der Waals surface area contributed by atoms with E-state index < -0.39 is 17.8 Å². The normalized spacial score (nSPS) is 10.6. The fourth-order valence-corrected chi connectivity index (χ4v) is 3.50. The molecule has 0 radical (unpaired) electrons. The van der Waals surface area contributed by atoms with Crippen LogP contribution >= 0.6 is 15.9 Å². The van der Waals surface area contributed by atoms with E-state index in [-0.39, 0.29) is 12.3 Å². The zero-order chi connectivity index (χ0) is 27.3. The van der Waals surface area contributed by atoms with Crippen LogP contribution < -0.4 is 25.0 Å². The van der Waals surface area contributed by atoms with Gasteiger partial charge in [0.15, 0.2) is 0 Å². The summed E-state index contributed by atoms with van der Waals surface area (Å²) in [6.45, 7) is 4.73. The molecule has 0 fully saturated rings. The molecule has 3 rings (SSSR count). The maximum atomic E-state index is 12.6. The maximum absolute atomic E-state index is 12.6. The highest BCUT2D eigenvalue weighted by atomic mass is 79.9. The largest absolute Gasteiger partial charge is 0.494 e. The van der Waals surface area contributed by atoms with Crippen LogP contribution in [0.2, 0.25) is 0 Å². The topological polar surface area (TPSA) is 115 Å². The molecule has 198 valence electrons. The highest BCUT2D eigenvalue weighted by molar-refractivity contribution is 9.10. The Labute approximate surface area is 229 Å². The number of hydrazone groups is 1. The number of hydrogen-bond donors (Lipinski definition) is 2. The second-order valence-corrected chi connectivity index (χ2v) is 8.79. The lowest BCUT2D eigenvalue weighted by Crippen LogP contribution is -2.34. The van der Waals surface area contributed by atoms with Gasteiger partial charge in [-0.25, -0.2) is 10.2 Å². The molecule has 0 saturated carbocycles. The fourth-order valence-electron chi connectivity index (χ4n) is 3.12. The number of nitrogens with one attached hydrogen (secondary N) is 2. The van der Waals surface area contributed by atoms with Crippen LogP contribution in [-0.4, -0.2) is 43.8 Å². The summed E-state index contributed by atoms with van der Waals surface area (Å²) in [4.78, 5) is 37.0. The predicted octanol–water partition coefficient (Wildman–Crippen LogP) is 4.74. The van der Waals surface area contributed by atoms with Gasteiger partial charge in [0.25, 0.3) is 11.8 Å². The smallest absolute Gasteiger partial charge is 0.343 e. The summed E-state index contributed by atoms with van der Waals surface area (Å²) >= 11 is 3.37. The number of ether oxygens (including phenoxy) is 3. The summed E-state index contributed by atoms with van der Waals surface area (Å²) in [5.41, 5.74) is 3.55. The highest BCUT2D eigenvalue weighted by Gasteiger charge is 2.13. The van der Waals surface area contributed by atoms with Crippen molar-refractivity contribution in [1.82, 2.24) is 10.7 Å². The van der Waals surface area contributed by atoms with Crippen LogP contribution in [0, 0.1) is 0 Å². The van der Waals surface area contributed by atoms with Gasteiger partial charge in [-0.05, 0) is 80.1 Å². The molecule has 0 aliphatic heterocycles. The predicted molar refractivity (Wildman–Crippen MR) is 147 cm³/mol. The van der Waals surface area contributed by atoms with E-state index in [2.05, 4.69) is 31.8 Å². The van der Waals surface area contributed by atoms with E-state index in [9.17, 15) is 14.4 Å². The number of amides is 2. The highest BCUT2D eigenvalue weighted by Crippen LogP contribution is 2.23. The molecule has 0 aliphatic carbocycles. The first kappa shape index (κ1) is 28.4. The van der Waals surface area contributed by atoms with Gasteiger partial charge < -0.3 is 19.5 Å². The summed E-state index contributed by atoms with van der Waals surface area (Å²) in [6.07, 6.45) is 2.23. The van der Waals surface area contributed by atoms with Crippen molar-refractivity contribution in [3.8, 4) is 17.2 Å². The summed E-state index contributed by atoms with van der Waals surface area (Å²) in [5, 5.41) is 6.45. The van der Waals surface area contributed by atoms with Gasteiger partial charge in [-0.15, -0.1) is 0 Å². The molecular weight excluding hydrogens is 554 g/mol. The number of carbonyl (C=O) groups is 3. The van der Waals surface area contributed by atoms with Crippen LogP contribution in [0.15, 0.2) is 76.3 Å². The fraction of sp³-hybridized carbons (Fsp3) is 0.214. The lowest BCUT2D eigenvalue weighted by atomic mass is 10.2. The van der Waals surface area contributed by atoms with E-state index in [4.69, 9.17) is 14.2 Å². The van der Waals surface area contributed by atoms with Crippen molar-refractivity contribution in [2.24, 2.45) is 5.10 Å². The number of benzene rings is 3. The summed E-state index contributed by atoms with van der Waals surface area (Å²) in [6, 6.07) is 18.3. The zero-order valence-corrected chi connectivity index (χ0v) is 22.6. The quantitative estimate of drug-likeness (QED) is 0.138. The van der Waals surface area contributed by atoms with Gasteiger partial charge >= 0.3 is 5.97 Å². The third-order valence-corrected chi connectivity index (χ3v) is 5.46. The van der Waals surface area contributed by atoms with Crippen molar-refractivity contribution >= 4 is 39.9 Å². The van der Waals surface area contributed by atoms with Gasteiger partial charge in [0.05, 0.1) is 31.5 Å². The Kier molecular flexibility index (Phi) is 10.9. The van der Waals surface area contributed by atoms with E-state index in [1.165, 1.54) is 6.21 Å². The van der Waals surface area contributed by atoms with Crippen LogP contribution in [0.1, 0.15) is 46.5 Å². The van der Waals surface area contributed by atoms with Crippen molar-refractivity contribution in [3.05, 3.63) is 87.9 Å². The Bertz CT molecular complexity index is 1280. The summed E-state index contributed by atoms with van der Waals surface area (Å²) in [5.74, 6) is 0.101.